The number of benzene rings is 3. The summed E-state index contributed by atoms with van der Waals surface area (Å²) in [6, 6.07) is 23.9. The molecule has 3 aromatic rings. The Morgan fingerprint density at radius 1 is 0.947 bits per heavy atom. The number of methoxy groups -OCH3 is 1. The van der Waals surface area contributed by atoms with E-state index in [1.54, 1.807) is 24.3 Å². The number of nitrogens with one attached hydrogen (secondary N) is 1. The molecule has 9 heteroatoms. The average molecular weight is 535 g/mol. The quantitative estimate of drug-likeness (QED) is 0.421. The predicted octanol–water partition coefficient (Wildman–Crippen LogP) is 3.61. The number of esters is 1. The highest BCUT2D eigenvalue weighted by molar-refractivity contribution is 7.85. The van der Waals surface area contributed by atoms with Gasteiger partial charge in [-0.25, -0.2) is 9.59 Å². The first-order valence-corrected chi connectivity index (χ1v) is 13.6. The molecule has 0 radical (unpaired) electrons. The molecule has 0 unspecified atom stereocenters. The Hall–Kier alpha value is -3.98. The van der Waals surface area contributed by atoms with Gasteiger partial charge in [-0.2, -0.15) is 0 Å². The highest BCUT2D eigenvalue weighted by Gasteiger charge is 2.37. The molecule has 0 fully saturated rings. The zero-order valence-electron chi connectivity index (χ0n) is 21.1. The lowest BCUT2D eigenvalue weighted by Gasteiger charge is -2.35. The number of fused-ring (bicyclic) bond motifs is 1. The summed E-state index contributed by atoms with van der Waals surface area (Å²) in [5.74, 6) is -0.990. The third kappa shape index (κ3) is 6.86. The molecule has 0 saturated carbocycles. The van der Waals surface area contributed by atoms with Crippen molar-refractivity contribution in [1.29, 1.82) is 0 Å². The molecule has 4 rings (SSSR count). The summed E-state index contributed by atoms with van der Waals surface area (Å²) < 4.78 is 23.1. The second-order valence-corrected chi connectivity index (χ2v) is 10.5. The van der Waals surface area contributed by atoms with Crippen LogP contribution in [0.25, 0.3) is 0 Å². The summed E-state index contributed by atoms with van der Waals surface area (Å²) in [6.07, 6.45) is -0.239. The van der Waals surface area contributed by atoms with E-state index in [1.807, 2.05) is 60.7 Å². The van der Waals surface area contributed by atoms with Gasteiger partial charge in [0.05, 0.1) is 24.5 Å². The van der Waals surface area contributed by atoms with E-state index in [2.05, 4.69) is 5.32 Å². The summed E-state index contributed by atoms with van der Waals surface area (Å²) in [7, 11) is -0.115. The molecule has 0 bridgehead atoms. The monoisotopic (exact) mass is 534 g/mol. The van der Waals surface area contributed by atoms with Crippen molar-refractivity contribution in [2.24, 2.45) is 0 Å². The van der Waals surface area contributed by atoms with E-state index >= 15 is 0 Å². The van der Waals surface area contributed by atoms with E-state index in [0.29, 0.717) is 4.90 Å². The van der Waals surface area contributed by atoms with Gasteiger partial charge in [0.1, 0.15) is 18.7 Å². The molecule has 0 saturated heterocycles. The van der Waals surface area contributed by atoms with E-state index in [0.717, 1.165) is 16.7 Å². The number of hydrogen-bond donors (Lipinski definition) is 1. The second-order valence-electron chi connectivity index (χ2n) is 8.89. The molecule has 8 nitrogen and oxygen atoms in total. The Labute approximate surface area is 224 Å². The van der Waals surface area contributed by atoms with Crippen molar-refractivity contribution in [2.45, 2.75) is 43.0 Å². The maximum atomic E-state index is 13.5. The van der Waals surface area contributed by atoms with Crippen LogP contribution in [-0.2, 0) is 49.4 Å². The van der Waals surface area contributed by atoms with Gasteiger partial charge in [-0.15, -0.1) is 0 Å². The van der Waals surface area contributed by atoms with Gasteiger partial charge < -0.3 is 14.8 Å². The van der Waals surface area contributed by atoms with Crippen molar-refractivity contribution >= 4 is 28.8 Å². The zero-order valence-corrected chi connectivity index (χ0v) is 21.9. The lowest BCUT2D eigenvalue weighted by Crippen LogP contribution is -2.55. The third-order valence-corrected chi connectivity index (χ3v) is 7.80. The topological polar surface area (TPSA) is 102 Å². The highest BCUT2D eigenvalue weighted by atomic mass is 32.2. The van der Waals surface area contributed by atoms with Crippen LogP contribution in [0.3, 0.4) is 0 Å². The van der Waals surface area contributed by atoms with Gasteiger partial charge in [0, 0.05) is 17.1 Å². The fraction of sp³-hybridized carbons (Fsp3) is 0.276. The molecule has 3 aromatic carbocycles. The normalized spacial score (nSPS) is 16.0. The Balaban J connectivity index is 1.48. The Morgan fingerprint density at radius 2 is 1.58 bits per heavy atom. The second kappa shape index (κ2) is 13.0. The molecule has 1 aliphatic heterocycles. The third-order valence-electron chi connectivity index (χ3n) is 6.39. The first kappa shape index (κ1) is 27.1. The minimum absolute atomic E-state index is 0.0717. The van der Waals surface area contributed by atoms with Gasteiger partial charge in [-0.1, -0.05) is 72.8 Å². The van der Waals surface area contributed by atoms with Crippen molar-refractivity contribution in [2.75, 3.05) is 12.9 Å². The molecular formula is C29H30N2O6S. The molecule has 0 aromatic heterocycles. The molecule has 198 valence electrons. The van der Waals surface area contributed by atoms with Crippen LogP contribution in [0.5, 0.6) is 0 Å². The Morgan fingerprint density at radius 3 is 2.26 bits per heavy atom. The number of amides is 2. The molecule has 1 N–H and O–H groups in total. The molecule has 0 spiro atoms. The average Bonchev–Trinajstić information content (AvgIpc) is 2.97. The number of carbonyl (C=O) groups is 3. The van der Waals surface area contributed by atoms with E-state index in [-0.39, 0.29) is 31.7 Å². The summed E-state index contributed by atoms with van der Waals surface area (Å²) in [4.78, 5) is 41.2. The van der Waals surface area contributed by atoms with E-state index in [4.69, 9.17) is 9.47 Å². The predicted molar refractivity (Wildman–Crippen MR) is 142 cm³/mol. The fourth-order valence-corrected chi connectivity index (χ4v) is 5.47. The summed E-state index contributed by atoms with van der Waals surface area (Å²) in [5, 5.41) is 2.74. The van der Waals surface area contributed by atoms with Gasteiger partial charge >= 0.3 is 12.1 Å². The van der Waals surface area contributed by atoms with Crippen LogP contribution in [0, 0.1) is 0 Å². The van der Waals surface area contributed by atoms with Crippen molar-refractivity contribution in [3.8, 4) is 0 Å². The van der Waals surface area contributed by atoms with Crippen molar-refractivity contribution in [1.82, 2.24) is 10.2 Å². The maximum Gasteiger partial charge on any atom is 0.411 e. The highest BCUT2D eigenvalue weighted by Crippen LogP contribution is 2.25. The van der Waals surface area contributed by atoms with Gasteiger partial charge in [0.2, 0.25) is 5.91 Å². The minimum atomic E-state index is -1.35. The molecule has 0 aliphatic carbocycles. The molecule has 3 atom stereocenters. The number of nitrogens with zero attached hydrogens (tertiary/aromatic N) is 1. The van der Waals surface area contributed by atoms with Gasteiger partial charge in [-0.3, -0.25) is 13.9 Å². The van der Waals surface area contributed by atoms with Crippen LogP contribution in [-0.4, -0.2) is 52.0 Å². The van der Waals surface area contributed by atoms with Crippen LogP contribution in [0.2, 0.25) is 0 Å². The molecule has 1 heterocycles. The van der Waals surface area contributed by atoms with Crippen molar-refractivity contribution < 1.29 is 28.1 Å². The number of ether oxygens (including phenoxy) is 2. The summed E-state index contributed by atoms with van der Waals surface area (Å²) in [5.41, 5.74) is 2.70. The number of carbonyl (C=O) groups excluding carboxylic acids is 3. The maximum absolute atomic E-state index is 13.5. The van der Waals surface area contributed by atoms with Gasteiger partial charge in [-0.05, 0) is 35.2 Å². The van der Waals surface area contributed by atoms with Crippen molar-refractivity contribution in [3.63, 3.8) is 0 Å². The first-order chi connectivity index (χ1) is 18.5. The first-order valence-electron chi connectivity index (χ1n) is 12.3. The van der Waals surface area contributed by atoms with Crippen LogP contribution in [0.4, 0.5) is 4.79 Å². The lowest BCUT2D eigenvalue weighted by molar-refractivity contribution is -0.145. The summed E-state index contributed by atoms with van der Waals surface area (Å²) >= 11 is 0. The van der Waals surface area contributed by atoms with Crippen LogP contribution in [0.1, 0.15) is 23.1 Å². The number of hydrogen-bond acceptors (Lipinski definition) is 6. The standard InChI is InChI=1S/C29H30N2O6S/c1-36-28(33)25(16-17-38(35)24-14-6-3-7-15-24)30-27(32)26-18-22-12-8-9-13-23(22)19-31(26)29(34)37-20-21-10-4-2-5-11-21/h2-15,25-26H,16-20H2,1H3,(H,30,32)/t25-,26+,38+/m1/s1. The van der Waals surface area contributed by atoms with E-state index in [1.165, 1.54) is 12.0 Å². The minimum Gasteiger partial charge on any atom is -0.467 e. The molecule has 38 heavy (non-hydrogen) atoms. The molecule has 1 aliphatic rings. The summed E-state index contributed by atoms with van der Waals surface area (Å²) in [6.45, 7) is 0.269. The zero-order chi connectivity index (χ0) is 26.9. The van der Waals surface area contributed by atoms with Crippen LogP contribution in [0.15, 0.2) is 89.8 Å². The fourth-order valence-electron chi connectivity index (χ4n) is 4.33. The largest absolute Gasteiger partial charge is 0.467 e. The van der Waals surface area contributed by atoms with Gasteiger partial charge in [0.15, 0.2) is 0 Å². The van der Waals surface area contributed by atoms with Crippen LogP contribution < -0.4 is 5.32 Å². The number of rotatable bonds is 9. The van der Waals surface area contributed by atoms with Crippen LogP contribution >= 0.6 is 0 Å². The lowest BCUT2D eigenvalue weighted by atomic mass is 9.93. The Bertz CT molecular complexity index is 1280. The van der Waals surface area contributed by atoms with E-state index in [9.17, 15) is 18.6 Å². The molecule has 2 amide bonds. The molecular weight excluding hydrogens is 504 g/mol. The Kier molecular flexibility index (Phi) is 9.26. The van der Waals surface area contributed by atoms with Gasteiger partial charge in [0.25, 0.3) is 0 Å². The smallest absolute Gasteiger partial charge is 0.411 e. The van der Waals surface area contributed by atoms with Crippen molar-refractivity contribution in [3.05, 3.63) is 102 Å². The SMILES string of the molecule is COC(=O)[C@@H](CC[S@](=O)c1ccccc1)NC(=O)[C@@H]1Cc2ccccc2CN1C(=O)OCc1ccccc1. The van der Waals surface area contributed by atoms with E-state index < -0.39 is 40.9 Å².